The van der Waals surface area contributed by atoms with E-state index in [1.165, 1.54) is 4.90 Å². The summed E-state index contributed by atoms with van der Waals surface area (Å²) in [6.07, 6.45) is -1.38. The molecule has 116 valence electrons. The second-order valence-electron chi connectivity index (χ2n) is 4.80. The summed E-state index contributed by atoms with van der Waals surface area (Å²) in [6.45, 7) is 1.65. The van der Waals surface area contributed by atoms with Crippen molar-refractivity contribution in [1.82, 2.24) is 10.2 Å². The van der Waals surface area contributed by atoms with Crippen molar-refractivity contribution in [3.05, 3.63) is 29.3 Å². The predicted octanol–water partition coefficient (Wildman–Crippen LogP) is 1.75. The Morgan fingerprint density at radius 1 is 1.38 bits per heavy atom. The van der Waals surface area contributed by atoms with E-state index < -0.39 is 18.2 Å². The van der Waals surface area contributed by atoms with Crippen molar-refractivity contribution in [2.24, 2.45) is 0 Å². The molecule has 3 N–H and O–H groups in total. The zero-order chi connectivity index (χ0) is 16.0. The van der Waals surface area contributed by atoms with Gasteiger partial charge in [-0.3, -0.25) is 0 Å². The van der Waals surface area contributed by atoms with Gasteiger partial charge in [-0.1, -0.05) is 6.07 Å². The molecule has 0 unspecified atom stereocenters. The predicted molar refractivity (Wildman–Crippen MR) is 76.5 cm³/mol. The van der Waals surface area contributed by atoms with Gasteiger partial charge in [-0.05, 0) is 36.6 Å². The second-order valence-corrected chi connectivity index (χ2v) is 4.80. The summed E-state index contributed by atoms with van der Waals surface area (Å²) in [5, 5.41) is 20.2. The van der Waals surface area contributed by atoms with Crippen LogP contribution in [0.1, 0.15) is 23.6 Å². The van der Waals surface area contributed by atoms with Crippen LogP contribution in [-0.4, -0.2) is 48.0 Å². The zero-order valence-corrected chi connectivity index (χ0v) is 12.3. The fourth-order valence-corrected chi connectivity index (χ4v) is 1.88. The Kier molecular flexibility index (Phi) is 5.98. The highest BCUT2D eigenvalue weighted by Crippen LogP contribution is 2.25. The Hall–Kier alpha value is -2.28. The molecule has 2 amide bonds. The Balaban J connectivity index is 2.94. The third-order valence-electron chi connectivity index (χ3n) is 2.90. The molecule has 0 heterocycles. The number of carbonyl (C=O) groups is 2. The topological polar surface area (TPSA) is 99.1 Å². The third-order valence-corrected chi connectivity index (χ3v) is 2.90. The molecule has 7 nitrogen and oxygen atoms in total. The van der Waals surface area contributed by atoms with Gasteiger partial charge in [-0.25, -0.2) is 9.59 Å². The van der Waals surface area contributed by atoms with Crippen LogP contribution in [0.2, 0.25) is 0 Å². The normalized spacial score (nSPS) is 11.6. The summed E-state index contributed by atoms with van der Waals surface area (Å²) in [7, 11) is 3.16. The molecule has 1 rings (SSSR count). The number of nitrogens with one attached hydrogen (secondary N) is 1. The summed E-state index contributed by atoms with van der Waals surface area (Å²) in [5.41, 5.74) is 1.50. The molecule has 1 aromatic carbocycles. The SMILES string of the molecule is Cc1cc(OC(=O)N(C)C)ccc1[C@@H](CCO)NC(=O)O. The van der Waals surface area contributed by atoms with Crippen LogP contribution in [-0.2, 0) is 0 Å². The second kappa shape index (κ2) is 7.49. The van der Waals surface area contributed by atoms with Crippen LogP contribution in [0, 0.1) is 6.92 Å². The molecule has 21 heavy (non-hydrogen) atoms. The monoisotopic (exact) mass is 296 g/mol. The van der Waals surface area contributed by atoms with Crippen molar-refractivity contribution in [1.29, 1.82) is 0 Å². The number of carbonyl (C=O) groups excluding carboxylic acids is 1. The molecule has 1 aromatic rings. The Bertz CT molecular complexity index is 516. The van der Waals surface area contributed by atoms with E-state index in [0.717, 1.165) is 11.1 Å². The van der Waals surface area contributed by atoms with Gasteiger partial charge in [0.15, 0.2) is 0 Å². The van der Waals surface area contributed by atoms with Crippen molar-refractivity contribution in [2.75, 3.05) is 20.7 Å². The molecular formula is C14H20N2O5. The molecule has 0 aliphatic heterocycles. The van der Waals surface area contributed by atoms with Crippen molar-refractivity contribution < 1.29 is 24.5 Å². The van der Waals surface area contributed by atoms with Crippen LogP contribution in [0.3, 0.4) is 0 Å². The molecule has 0 saturated carbocycles. The number of ether oxygens (including phenoxy) is 1. The van der Waals surface area contributed by atoms with Gasteiger partial charge in [0.05, 0.1) is 6.04 Å². The zero-order valence-electron chi connectivity index (χ0n) is 12.3. The lowest BCUT2D eigenvalue weighted by Gasteiger charge is -2.19. The summed E-state index contributed by atoms with van der Waals surface area (Å²) in [5.74, 6) is 0.382. The molecular weight excluding hydrogens is 276 g/mol. The Morgan fingerprint density at radius 3 is 2.52 bits per heavy atom. The number of nitrogens with zero attached hydrogens (tertiary/aromatic N) is 1. The highest BCUT2D eigenvalue weighted by atomic mass is 16.6. The van der Waals surface area contributed by atoms with E-state index in [4.69, 9.17) is 14.9 Å². The van der Waals surface area contributed by atoms with E-state index >= 15 is 0 Å². The lowest BCUT2D eigenvalue weighted by molar-refractivity contribution is 0.172. The maximum atomic E-state index is 11.5. The van der Waals surface area contributed by atoms with Gasteiger partial charge in [0.1, 0.15) is 5.75 Å². The lowest BCUT2D eigenvalue weighted by atomic mass is 9.99. The molecule has 0 radical (unpaired) electrons. The minimum atomic E-state index is -1.16. The first-order chi connectivity index (χ1) is 9.85. The molecule has 0 aliphatic rings. The number of hydrogen-bond acceptors (Lipinski definition) is 4. The molecule has 0 aliphatic carbocycles. The van der Waals surface area contributed by atoms with E-state index in [9.17, 15) is 9.59 Å². The van der Waals surface area contributed by atoms with Crippen LogP contribution in [0.25, 0.3) is 0 Å². The van der Waals surface area contributed by atoms with Gasteiger partial charge in [-0.2, -0.15) is 0 Å². The summed E-state index contributed by atoms with van der Waals surface area (Å²) >= 11 is 0. The highest BCUT2D eigenvalue weighted by molar-refractivity contribution is 5.70. The molecule has 0 saturated heterocycles. The number of rotatable bonds is 5. The van der Waals surface area contributed by atoms with E-state index in [1.54, 1.807) is 39.2 Å². The third kappa shape index (κ3) is 4.96. The smallest absolute Gasteiger partial charge is 0.414 e. The fourth-order valence-electron chi connectivity index (χ4n) is 1.88. The lowest BCUT2D eigenvalue weighted by Crippen LogP contribution is -2.28. The van der Waals surface area contributed by atoms with Gasteiger partial charge in [0.2, 0.25) is 0 Å². The largest absolute Gasteiger partial charge is 0.465 e. The number of aryl methyl sites for hydroxylation is 1. The summed E-state index contributed by atoms with van der Waals surface area (Å²) in [6, 6.07) is 4.43. The van der Waals surface area contributed by atoms with Crippen molar-refractivity contribution in [2.45, 2.75) is 19.4 Å². The van der Waals surface area contributed by atoms with Crippen molar-refractivity contribution >= 4 is 12.2 Å². The molecule has 0 aromatic heterocycles. The first kappa shape index (κ1) is 16.8. The van der Waals surface area contributed by atoms with E-state index in [2.05, 4.69) is 5.32 Å². The molecule has 0 spiro atoms. The molecule has 0 fully saturated rings. The average Bonchev–Trinajstić information content (AvgIpc) is 2.37. The van der Waals surface area contributed by atoms with Gasteiger partial charge >= 0.3 is 12.2 Å². The molecule has 0 bridgehead atoms. The number of amides is 2. The average molecular weight is 296 g/mol. The number of aliphatic hydroxyl groups is 1. The Morgan fingerprint density at radius 2 is 2.05 bits per heavy atom. The number of hydrogen-bond donors (Lipinski definition) is 3. The van der Waals surface area contributed by atoms with Gasteiger partial charge in [0.25, 0.3) is 0 Å². The summed E-state index contributed by atoms with van der Waals surface area (Å²) in [4.78, 5) is 23.6. The number of benzene rings is 1. The number of carboxylic acid groups (broad SMARTS) is 1. The number of aliphatic hydroxyl groups excluding tert-OH is 1. The van der Waals surface area contributed by atoms with E-state index in [0.29, 0.717) is 5.75 Å². The van der Waals surface area contributed by atoms with Crippen LogP contribution in [0.4, 0.5) is 9.59 Å². The van der Waals surface area contributed by atoms with Crippen LogP contribution in [0.15, 0.2) is 18.2 Å². The first-order valence-electron chi connectivity index (χ1n) is 6.45. The maximum Gasteiger partial charge on any atom is 0.414 e. The van der Waals surface area contributed by atoms with E-state index in [1.807, 2.05) is 0 Å². The quantitative estimate of drug-likeness (QED) is 0.768. The van der Waals surface area contributed by atoms with Gasteiger partial charge in [0, 0.05) is 20.7 Å². The minimum Gasteiger partial charge on any atom is -0.465 e. The van der Waals surface area contributed by atoms with Gasteiger partial charge < -0.3 is 25.2 Å². The Labute approximate surface area is 123 Å². The van der Waals surface area contributed by atoms with Crippen LogP contribution >= 0.6 is 0 Å². The highest BCUT2D eigenvalue weighted by Gasteiger charge is 2.17. The minimum absolute atomic E-state index is 0.137. The fraction of sp³-hybridized carbons (Fsp3) is 0.429. The maximum absolute atomic E-state index is 11.5. The molecule has 7 heteroatoms. The first-order valence-corrected chi connectivity index (χ1v) is 6.45. The van der Waals surface area contributed by atoms with Crippen LogP contribution < -0.4 is 10.1 Å². The molecule has 1 atom stereocenters. The standard InChI is InChI=1S/C14H20N2O5/c1-9-8-10(21-14(20)16(2)3)4-5-11(9)12(6-7-17)15-13(18)19/h4-5,8,12,15,17H,6-7H2,1-3H3,(H,18,19)/t12-/m1/s1. The van der Waals surface area contributed by atoms with Gasteiger partial charge in [-0.15, -0.1) is 0 Å². The summed E-state index contributed by atoms with van der Waals surface area (Å²) < 4.78 is 5.13. The van der Waals surface area contributed by atoms with Crippen LogP contribution in [0.5, 0.6) is 5.75 Å². The van der Waals surface area contributed by atoms with E-state index in [-0.39, 0.29) is 13.0 Å². The van der Waals surface area contributed by atoms with Crippen molar-refractivity contribution in [3.63, 3.8) is 0 Å². The van der Waals surface area contributed by atoms with Crippen molar-refractivity contribution in [3.8, 4) is 5.75 Å².